The van der Waals surface area contributed by atoms with Crippen molar-refractivity contribution < 1.29 is 61.5 Å². The Kier molecular flexibility index (Phi) is 6.94. The third kappa shape index (κ3) is 3.83. The van der Waals surface area contributed by atoms with Gasteiger partial charge < -0.3 is 0 Å². The molecule has 1 radical (unpaired) electrons. The molecule has 26 heavy (non-hydrogen) atoms. The largest absolute Gasteiger partial charge is 0.460 e. The van der Waals surface area contributed by atoms with E-state index in [0.29, 0.717) is 5.10 Å². The molecule has 0 saturated carbocycles. The van der Waals surface area contributed by atoms with Crippen LogP contribution in [-0.4, -0.2) is 90.8 Å². The summed E-state index contributed by atoms with van der Waals surface area (Å²) in [7, 11) is 0. The molecule has 18 heteroatoms. The van der Waals surface area contributed by atoms with E-state index in [4.69, 9.17) is 0 Å². The van der Waals surface area contributed by atoms with Gasteiger partial charge in [0.1, 0.15) is 0 Å². The van der Waals surface area contributed by atoms with Crippen LogP contribution in [0.25, 0.3) is 0 Å². The van der Waals surface area contributed by atoms with Crippen molar-refractivity contribution in [2.24, 2.45) is 0 Å². The first-order chi connectivity index (χ1) is 10.7. The normalized spacial score (nSPS) is 15.0. The second-order valence-corrected chi connectivity index (χ2v) is 4.30. The molecule has 1 N–H and O–H groups in total. The molecule has 1 rings (SSSR count). The average Bonchev–Trinajstić information content (AvgIpc) is 2.85. The monoisotopic (exact) mass is 444 g/mol. The fourth-order valence-corrected chi connectivity index (χ4v) is 1.19. The minimum atomic E-state index is -6.95. The van der Waals surface area contributed by atoms with Crippen molar-refractivity contribution >= 4 is 51.4 Å². The summed E-state index contributed by atoms with van der Waals surface area (Å²) in [4.78, 5) is 1.59. The summed E-state index contributed by atoms with van der Waals surface area (Å²) in [6, 6.07) is 0. The SMILES string of the molecule is FC(F)(F)C(F)(F)C(F)(F)c1n[nH]c(C(F)(F)C(F)(F)C(F)(F)F)n1.[K]. The van der Waals surface area contributed by atoms with Gasteiger partial charge in [0.15, 0.2) is 0 Å². The predicted molar refractivity (Wildman–Crippen MR) is 51.9 cm³/mol. The number of rotatable bonds is 4. The first-order valence-electron chi connectivity index (χ1n) is 5.29. The number of aromatic amines is 1. The van der Waals surface area contributed by atoms with Crippen LogP contribution >= 0.6 is 0 Å². The van der Waals surface area contributed by atoms with Gasteiger partial charge in [-0.05, 0) is 0 Å². The van der Waals surface area contributed by atoms with Gasteiger partial charge in [-0.25, -0.2) is 4.98 Å². The van der Waals surface area contributed by atoms with Gasteiger partial charge in [0, 0.05) is 51.4 Å². The minimum absolute atomic E-state index is 0. The van der Waals surface area contributed by atoms with E-state index >= 15 is 0 Å². The smallest absolute Gasteiger partial charge is 0.258 e. The van der Waals surface area contributed by atoms with Crippen molar-refractivity contribution in [3.05, 3.63) is 11.6 Å². The fraction of sp³-hybridized carbons (Fsp3) is 0.750. The van der Waals surface area contributed by atoms with Crippen LogP contribution in [0, 0.1) is 0 Å². The number of nitrogens with one attached hydrogen (secondary N) is 1. The van der Waals surface area contributed by atoms with E-state index in [2.05, 4.69) is 0 Å². The Bertz CT molecular complexity index is 576. The molecule has 0 bridgehead atoms. The molecule has 0 aliphatic heterocycles. The van der Waals surface area contributed by atoms with Crippen molar-refractivity contribution in [3.8, 4) is 0 Å². The number of halogens is 14. The maximum Gasteiger partial charge on any atom is 0.460 e. The number of aromatic nitrogens is 3. The number of hydrogen-bond donors (Lipinski definition) is 1. The Morgan fingerprint density at radius 1 is 0.577 bits per heavy atom. The van der Waals surface area contributed by atoms with Crippen molar-refractivity contribution in [2.75, 3.05) is 0 Å². The molecule has 0 spiro atoms. The molecule has 1 heterocycles. The molecule has 0 aliphatic carbocycles. The van der Waals surface area contributed by atoms with Gasteiger partial charge in [-0.15, -0.1) is 0 Å². The second kappa shape index (κ2) is 7.00. The van der Waals surface area contributed by atoms with E-state index in [0.717, 1.165) is 0 Å². The van der Waals surface area contributed by atoms with Crippen LogP contribution in [0.3, 0.4) is 0 Å². The summed E-state index contributed by atoms with van der Waals surface area (Å²) in [6.07, 6.45) is -13.9. The molecule has 0 amide bonds. The third-order valence-electron chi connectivity index (χ3n) is 2.56. The van der Waals surface area contributed by atoms with Crippen LogP contribution in [0.5, 0.6) is 0 Å². The maximum atomic E-state index is 13.1. The van der Waals surface area contributed by atoms with Crippen LogP contribution in [-0.2, 0) is 11.8 Å². The Labute approximate surface area is 174 Å². The van der Waals surface area contributed by atoms with Crippen molar-refractivity contribution in [1.29, 1.82) is 0 Å². The summed E-state index contributed by atoms with van der Waals surface area (Å²) in [6.45, 7) is 0. The topological polar surface area (TPSA) is 41.6 Å². The summed E-state index contributed by atoms with van der Waals surface area (Å²) in [5.41, 5.74) is 0. The summed E-state index contributed by atoms with van der Waals surface area (Å²) in [5, 5.41) is 2.16. The van der Waals surface area contributed by atoms with Gasteiger partial charge in [0.2, 0.25) is 11.6 Å². The Balaban J connectivity index is 0.00000625. The molecule has 1 aromatic heterocycles. The average molecular weight is 444 g/mol. The van der Waals surface area contributed by atoms with E-state index in [1.807, 2.05) is 0 Å². The van der Waals surface area contributed by atoms with Crippen LogP contribution in [0.1, 0.15) is 11.6 Å². The summed E-state index contributed by atoms with van der Waals surface area (Å²) >= 11 is 0. The van der Waals surface area contributed by atoms with Gasteiger partial charge in [-0.2, -0.15) is 66.6 Å². The first-order valence-corrected chi connectivity index (χ1v) is 5.29. The van der Waals surface area contributed by atoms with Gasteiger partial charge >= 0.3 is 36.0 Å². The molecular weight excluding hydrogens is 443 g/mol. The molecular formula is C8HF14KN3. The van der Waals surface area contributed by atoms with Crippen molar-refractivity contribution in [3.63, 3.8) is 0 Å². The van der Waals surface area contributed by atoms with E-state index in [1.165, 1.54) is 0 Å². The summed E-state index contributed by atoms with van der Waals surface area (Å²) in [5.74, 6) is -32.8. The van der Waals surface area contributed by atoms with Crippen LogP contribution in [0.4, 0.5) is 61.5 Å². The van der Waals surface area contributed by atoms with Gasteiger partial charge in [-0.1, -0.05) is 0 Å². The second-order valence-electron chi connectivity index (χ2n) is 4.30. The van der Waals surface area contributed by atoms with Gasteiger partial charge in [0.05, 0.1) is 0 Å². The van der Waals surface area contributed by atoms with Crippen LogP contribution < -0.4 is 0 Å². The molecule has 3 nitrogen and oxygen atoms in total. The van der Waals surface area contributed by atoms with Crippen LogP contribution in [0.15, 0.2) is 0 Å². The molecule has 0 aromatic carbocycles. The summed E-state index contributed by atoms with van der Waals surface area (Å²) < 4.78 is 174. The van der Waals surface area contributed by atoms with Gasteiger partial charge in [0.25, 0.3) is 0 Å². The van der Waals surface area contributed by atoms with E-state index in [9.17, 15) is 61.5 Å². The maximum absolute atomic E-state index is 13.1. The number of nitrogens with zero attached hydrogens (tertiary/aromatic N) is 2. The first kappa shape index (κ1) is 25.8. The van der Waals surface area contributed by atoms with Crippen molar-refractivity contribution in [2.45, 2.75) is 36.0 Å². The fourth-order valence-electron chi connectivity index (χ4n) is 1.19. The number of H-pyrrole nitrogens is 1. The number of alkyl halides is 14. The zero-order valence-electron chi connectivity index (χ0n) is 11.7. The quantitative estimate of drug-likeness (QED) is 0.564. The molecule has 0 aliphatic rings. The molecule has 0 fully saturated rings. The molecule has 147 valence electrons. The Hall–Kier alpha value is -0.204. The zero-order chi connectivity index (χ0) is 20.3. The minimum Gasteiger partial charge on any atom is -0.258 e. The van der Waals surface area contributed by atoms with E-state index < -0.39 is 47.7 Å². The molecule has 0 atom stereocenters. The predicted octanol–water partition coefficient (Wildman–Crippen LogP) is 4.00. The third-order valence-corrected chi connectivity index (χ3v) is 2.56. The van der Waals surface area contributed by atoms with E-state index in [-0.39, 0.29) is 51.4 Å². The molecule has 1 aromatic rings. The van der Waals surface area contributed by atoms with E-state index in [1.54, 1.807) is 10.1 Å². The molecule has 0 saturated heterocycles. The number of hydrogen-bond acceptors (Lipinski definition) is 2. The zero-order valence-corrected chi connectivity index (χ0v) is 14.8. The van der Waals surface area contributed by atoms with Crippen molar-refractivity contribution in [1.82, 2.24) is 15.2 Å². The van der Waals surface area contributed by atoms with Gasteiger partial charge in [-0.3, -0.25) is 5.10 Å². The molecule has 0 unspecified atom stereocenters. The standard InChI is InChI=1S/C8HF14N3.K/c9-3(10,5(13,14)7(17,18)19)1-23-2(25-24-1)4(11,12)6(15,16)8(20,21)22;/h(H,23,24,25);. The Morgan fingerprint density at radius 2 is 0.923 bits per heavy atom. The Morgan fingerprint density at radius 3 is 1.27 bits per heavy atom. The van der Waals surface area contributed by atoms with Crippen LogP contribution in [0.2, 0.25) is 0 Å².